The molecule has 0 atom stereocenters. The molecule has 0 aliphatic carbocycles. The van der Waals surface area contributed by atoms with Gasteiger partial charge in [0.1, 0.15) is 11.9 Å². The average molecular weight is 343 g/mol. The van der Waals surface area contributed by atoms with Gasteiger partial charge >= 0.3 is 20.4 Å². The third-order valence-electron chi connectivity index (χ3n) is 0.482. The Morgan fingerprint density at radius 1 is 0.765 bits per heavy atom. The molecule has 0 aliphatic heterocycles. The van der Waals surface area contributed by atoms with Crippen LogP contribution in [0, 0.1) is 10.8 Å². The van der Waals surface area contributed by atoms with Crippen molar-refractivity contribution in [3.8, 4) is 0 Å². The van der Waals surface area contributed by atoms with Gasteiger partial charge in [-0.1, -0.05) is 0 Å². The van der Waals surface area contributed by atoms with E-state index in [1.165, 1.54) is 0 Å². The van der Waals surface area contributed by atoms with Crippen LogP contribution in [-0.4, -0.2) is 34.8 Å². The summed E-state index contributed by atoms with van der Waals surface area (Å²) in [5, 5.41) is 12.8. The Morgan fingerprint density at radius 2 is 0.941 bits per heavy atom. The first-order valence-corrected chi connectivity index (χ1v) is 3.05. The predicted octanol–water partition coefficient (Wildman–Crippen LogP) is -3.16. The molecule has 0 saturated heterocycles. The molecule has 0 spiro atoms. The minimum atomic E-state index is -0.437. The third-order valence-corrected chi connectivity index (χ3v) is 0.482. The third kappa shape index (κ3) is 55.7. The summed E-state index contributed by atoms with van der Waals surface area (Å²) in [4.78, 5) is 6.00. The van der Waals surface area contributed by atoms with Crippen LogP contribution in [0.25, 0.3) is 11.5 Å². The van der Waals surface area contributed by atoms with Crippen molar-refractivity contribution in [1.29, 1.82) is 10.8 Å². The normalized spacial score (nSPS) is 9.18. The van der Waals surface area contributed by atoms with Crippen molar-refractivity contribution in [2.75, 3.05) is 0 Å². The van der Waals surface area contributed by atoms with Crippen molar-refractivity contribution in [3.63, 3.8) is 0 Å². The van der Waals surface area contributed by atoms with E-state index < -0.39 is 23.8 Å². The first-order chi connectivity index (χ1) is 6.25. The molecule has 0 fully saturated rings. The molecule has 0 amide bonds. The Kier molecular flexibility index (Phi) is 28.5. The van der Waals surface area contributed by atoms with Gasteiger partial charge in [0.05, 0.1) is 0 Å². The van der Waals surface area contributed by atoms with Crippen LogP contribution in [0.3, 0.4) is 0 Å². The maximum absolute atomic E-state index is 6.42. The molecule has 104 valence electrons. The molecule has 0 saturated carbocycles. The summed E-state index contributed by atoms with van der Waals surface area (Å²) in [6.45, 7) is 0. The fraction of sp³-hybridized carbons (Fsp3) is 0. The monoisotopic (exact) mass is 342 g/mol. The SMILES string of the molecule is N=C(N)/N=C(\[NH-])N.N=C(N)/N=C(\[NH-])N.O.O.[Pd+2]. The number of hydrogen-bond donors (Lipinski definition) is 6. The van der Waals surface area contributed by atoms with Gasteiger partial charge in [0.25, 0.3) is 0 Å². The number of nitrogens with zero attached hydrogens (tertiary/aromatic N) is 2. The van der Waals surface area contributed by atoms with Crippen LogP contribution in [0.15, 0.2) is 9.98 Å². The van der Waals surface area contributed by atoms with Crippen LogP contribution in [0.5, 0.6) is 0 Å². The summed E-state index contributed by atoms with van der Waals surface area (Å²) in [5.74, 6) is -1.75. The quantitative estimate of drug-likeness (QED) is 0.151. The molecule has 0 bridgehead atoms. The van der Waals surface area contributed by atoms with Crippen molar-refractivity contribution in [3.05, 3.63) is 11.5 Å². The Morgan fingerprint density at radius 3 is 0.941 bits per heavy atom. The molecule has 0 aromatic carbocycles. The molecular formula is C4H16N10O2Pd. The molecule has 12 nitrogen and oxygen atoms in total. The Bertz CT molecular complexity index is 239. The van der Waals surface area contributed by atoms with E-state index in [0.29, 0.717) is 0 Å². The van der Waals surface area contributed by atoms with E-state index in [0.717, 1.165) is 0 Å². The maximum atomic E-state index is 6.42. The molecule has 0 rings (SSSR count). The van der Waals surface area contributed by atoms with Crippen molar-refractivity contribution in [2.45, 2.75) is 0 Å². The van der Waals surface area contributed by atoms with Crippen molar-refractivity contribution >= 4 is 23.8 Å². The van der Waals surface area contributed by atoms with E-state index in [2.05, 4.69) is 32.9 Å². The van der Waals surface area contributed by atoms with Gasteiger partial charge in [0, 0.05) is 11.9 Å². The number of aliphatic imine (C=N–C) groups is 2. The number of nitrogens with one attached hydrogen (secondary N) is 4. The number of rotatable bonds is 0. The molecule has 17 heavy (non-hydrogen) atoms. The van der Waals surface area contributed by atoms with E-state index in [1.54, 1.807) is 0 Å². The second-order valence-electron chi connectivity index (χ2n) is 1.76. The molecule has 0 unspecified atom stereocenters. The van der Waals surface area contributed by atoms with Crippen LogP contribution >= 0.6 is 0 Å². The minimum absolute atomic E-state index is 0. The van der Waals surface area contributed by atoms with Crippen molar-refractivity contribution in [1.82, 2.24) is 0 Å². The number of guanidine groups is 4. The molecule has 0 aliphatic rings. The number of nitrogens with two attached hydrogens (primary N) is 4. The summed E-state index contributed by atoms with van der Waals surface area (Å²) in [5.41, 5.74) is 31.6. The zero-order valence-corrected chi connectivity index (χ0v) is 10.1. The van der Waals surface area contributed by atoms with E-state index in [4.69, 9.17) is 22.3 Å². The Balaban J connectivity index is -0.0000000480. The van der Waals surface area contributed by atoms with Crippen LogP contribution in [0.1, 0.15) is 0 Å². The van der Waals surface area contributed by atoms with Crippen molar-refractivity contribution < 1.29 is 31.4 Å². The molecule has 0 heterocycles. The summed E-state index contributed by atoms with van der Waals surface area (Å²) < 4.78 is 0. The molecule has 0 aromatic rings. The van der Waals surface area contributed by atoms with Gasteiger partial charge in [-0.05, 0) is 0 Å². The Labute approximate surface area is 111 Å². The van der Waals surface area contributed by atoms with Gasteiger partial charge < -0.3 is 55.3 Å². The number of hydrogen-bond acceptors (Lipinski definition) is 2. The van der Waals surface area contributed by atoms with E-state index >= 15 is 0 Å². The molecule has 0 radical (unpaired) electrons. The van der Waals surface area contributed by atoms with Crippen LogP contribution < -0.4 is 22.9 Å². The van der Waals surface area contributed by atoms with Crippen LogP contribution in [0.4, 0.5) is 0 Å². The van der Waals surface area contributed by atoms with Crippen LogP contribution in [-0.2, 0) is 20.4 Å². The van der Waals surface area contributed by atoms with E-state index in [-0.39, 0.29) is 31.4 Å². The zero-order chi connectivity index (χ0) is 11.7. The predicted molar refractivity (Wildman–Crippen MR) is 62.9 cm³/mol. The van der Waals surface area contributed by atoms with Gasteiger partial charge in [0.15, 0.2) is 0 Å². The minimum Gasteiger partial charge on any atom is -0.454 e. The van der Waals surface area contributed by atoms with E-state index in [9.17, 15) is 0 Å². The second-order valence-corrected chi connectivity index (χ2v) is 1.76. The van der Waals surface area contributed by atoms with Gasteiger partial charge in [-0.15, -0.1) is 0 Å². The first-order valence-electron chi connectivity index (χ1n) is 3.05. The largest absolute Gasteiger partial charge is 2.00 e. The first kappa shape index (κ1) is 29.4. The zero-order valence-electron chi connectivity index (χ0n) is 8.52. The van der Waals surface area contributed by atoms with Crippen LogP contribution in [0.2, 0.25) is 0 Å². The molecule has 13 heteroatoms. The molecular weight excluding hydrogens is 327 g/mol. The second kappa shape index (κ2) is 16.5. The van der Waals surface area contributed by atoms with Crippen molar-refractivity contribution in [2.24, 2.45) is 32.9 Å². The fourth-order valence-electron chi connectivity index (χ4n) is 0.260. The molecule has 16 N–H and O–H groups in total. The summed E-state index contributed by atoms with van der Waals surface area (Å²) in [6.07, 6.45) is 0. The standard InChI is InChI=1S/2C2H6N5.2H2O.Pd/c2*3-1(4)7-2(5)6;;;/h2*(H6-,3,4,5,6,7);2*1H2;/q2*-1;;;+2. The summed E-state index contributed by atoms with van der Waals surface area (Å²) in [6, 6.07) is 0. The maximum Gasteiger partial charge on any atom is 2.00 e. The Hall–Kier alpha value is -1.94. The van der Waals surface area contributed by atoms with Gasteiger partial charge in [0.2, 0.25) is 0 Å². The van der Waals surface area contributed by atoms with Gasteiger partial charge in [-0.3, -0.25) is 10.8 Å². The topological polar surface area (TPSA) is 287 Å². The average Bonchev–Trinajstić information content (AvgIpc) is 1.79. The fourth-order valence-corrected chi connectivity index (χ4v) is 0.260. The summed E-state index contributed by atoms with van der Waals surface area (Å²) >= 11 is 0. The molecule has 0 aromatic heterocycles. The van der Waals surface area contributed by atoms with Gasteiger partial charge in [-0.2, -0.15) is 0 Å². The smallest absolute Gasteiger partial charge is 0.454 e. The van der Waals surface area contributed by atoms with Gasteiger partial charge in [-0.25, -0.2) is 0 Å². The van der Waals surface area contributed by atoms with E-state index in [1.807, 2.05) is 0 Å². The summed E-state index contributed by atoms with van der Waals surface area (Å²) in [7, 11) is 0.